The van der Waals surface area contributed by atoms with Crippen molar-refractivity contribution in [1.29, 1.82) is 0 Å². The molecule has 0 bridgehead atoms. The smallest absolute Gasteiger partial charge is 0.357 e. The molecule has 1 aromatic heterocycles. The second-order valence-electron chi connectivity index (χ2n) is 4.70. The summed E-state index contributed by atoms with van der Waals surface area (Å²) in [4.78, 5) is 4.66. The van der Waals surface area contributed by atoms with E-state index in [2.05, 4.69) is 4.98 Å². The molecule has 0 spiro atoms. The van der Waals surface area contributed by atoms with Crippen molar-refractivity contribution in [3.05, 3.63) is 35.5 Å². The number of rotatable bonds is 1. The molecule has 1 aromatic carbocycles. The summed E-state index contributed by atoms with van der Waals surface area (Å²) in [6.07, 6.45) is -3.45. The molecule has 3 rings (SSSR count). The van der Waals surface area contributed by atoms with Gasteiger partial charge in [-0.3, -0.25) is 4.90 Å². The van der Waals surface area contributed by atoms with Gasteiger partial charge in [0.2, 0.25) is 0 Å². The first kappa shape index (κ1) is 11.6. The first-order valence-corrected chi connectivity index (χ1v) is 5.90. The lowest BCUT2D eigenvalue weighted by Crippen LogP contribution is -2.37. The van der Waals surface area contributed by atoms with Crippen LogP contribution in [-0.4, -0.2) is 29.1 Å². The Morgan fingerprint density at radius 3 is 2.78 bits per heavy atom. The molecule has 0 atom stereocenters. The van der Waals surface area contributed by atoms with E-state index in [0.29, 0.717) is 19.5 Å². The minimum absolute atomic E-state index is 0.351. The summed E-state index contributed by atoms with van der Waals surface area (Å²) >= 11 is 0. The Balaban J connectivity index is 1.89. The third-order valence-electron chi connectivity index (χ3n) is 3.36. The number of alkyl halides is 3. The van der Waals surface area contributed by atoms with Crippen LogP contribution in [0.4, 0.5) is 13.2 Å². The molecule has 0 fully saturated rings. The predicted octanol–water partition coefficient (Wildman–Crippen LogP) is 3.09. The van der Waals surface area contributed by atoms with Crippen LogP contribution >= 0.6 is 0 Å². The van der Waals surface area contributed by atoms with Gasteiger partial charge in [-0.25, -0.2) is 0 Å². The van der Waals surface area contributed by atoms with E-state index in [9.17, 15) is 13.2 Å². The molecular formula is C13H13F3N2. The molecule has 0 saturated carbocycles. The zero-order chi connectivity index (χ0) is 12.8. The van der Waals surface area contributed by atoms with Gasteiger partial charge in [0.15, 0.2) is 0 Å². The van der Waals surface area contributed by atoms with Crippen LogP contribution in [-0.2, 0) is 13.0 Å². The number of benzene rings is 1. The highest BCUT2D eigenvalue weighted by Crippen LogP contribution is 2.28. The van der Waals surface area contributed by atoms with E-state index in [1.165, 1.54) is 10.5 Å². The average molecular weight is 254 g/mol. The fraction of sp³-hybridized carbons (Fsp3) is 0.385. The molecule has 0 unspecified atom stereocenters. The Bertz CT molecular complexity index is 571. The van der Waals surface area contributed by atoms with Gasteiger partial charge in [0.25, 0.3) is 0 Å². The lowest BCUT2D eigenvalue weighted by molar-refractivity contribution is -0.147. The van der Waals surface area contributed by atoms with E-state index in [1.807, 2.05) is 24.3 Å². The number of hydrogen-bond acceptors (Lipinski definition) is 1. The monoisotopic (exact) mass is 254 g/mol. The van der Waals surface area contributed by atoms with E-state index in [1.54, 1.807) is 0 Å². The van der Waals surface area contributed by atoms with E-state index in [4.69, 9.17) is 0 Å². The van der Waals surface area contributed by atoms with Crippen LogP contribution in [0, 0.1) is 0 Å². The highest BCUT2D eigenvalue weighted by Gasteiger charge is 2.32. The van der Waals surface area contributed by atoms with E-state index in [0.717, 1.165) is 16.6 Å². The summed E-state index contributed by atoms with van der Waals surface area (Å²) < 4.78 is 37.1. The largest absolute Gasteiger partial charge is 0.401 e. The first-order valence-electron chi connectivity index (χ1n) is 5.90. The summed E-state index contributed by atoms with van der Waals surface area (Å²) in [5.41, 5.74) is 3.10. The number of H-pyrrole nitrogens is 1. The standard InChI is InChI=1S/C13H13F3N2/c14-13(15,16)8-18-6-5-10-9-3-1-2-4-11(9)17-12(10)7-18/h1-4,17H,5-8H2. The van der Waals surface area contributed by atoms with E-state index >= 15 is 0 Å². The number of aromatic nitrogens is 1. The van der Waals surface area contributed by atoms with Crippen molar-refractivity contribution >= 4 is 10.9 Å². The third-order valence-corrected chi connectivity index (χ3v) is 3.36. The molecule has 0 radical (unpaired) electrons. The van der Waals surface area contributed by atoms with Gasteiger partial charge in [-0.15, -0.1) is 0 Å². The zero-order valence-electron chi connectivity index (χ0n) is 9.72. The van der Waals surface area contributed by atoms with Crippen LogP contribution in [0.5, 0.6) is 0 Å². The van der Waals surface area contributed by atoms with Crippen LogP contribution < -0.4 is 0 Å². The number of nitrogens with one attached hydrogen (secondary N) is 1. The van der Waals surface area contributed by atoms with Crippen molar-refractivity contribution in [3.8, 4) is 0 Å². The van der Waals surface area contributed by atoms with Crippen molar-refractivity contribution in [2.24, 2.45) is 0 Å². The van der Waals surface area contributed by atoms with Crippen LogP contribution in [0.3, 0.4) is 0 Å². The maximum absolute atomic E-state index is 12.4. The lowest BCUT2D eigenvalue weighted by atomic mass is 10.0. The Labute approximate surface area is 102 Å². The van der Waals surface area contributed by atoms with E-state index in [-0.39, 0.29) is 0 Å². The van der Waals surface area contributed by atoms with Crippen LogP contribution in [0.1, 0.15) is 11.3 Å². The van der Waals surface area contributed by atoms with Gasteiger partial charge < -0.3 is 4.98 Å². The van der Waals surface area contributed by atoms with Gasteiger partial charge in [-0.1, -0.05) is 18.2 Å². The molecule has 5 heteroatoms. The molecule has 96 valence electrons. The van der Waals surface area contributed by atoms with Crippen LogP contribution in [0.15, 0.2) is 24.3 Å². The molecule has 0 saturated heterocycles. The molecule has 0 aliphatic carbocycles. The minimum atomic E-state index is -4.12. The highest BCUT2D eigenvalue weighted by molar-refractivity contribution is 5.84. The van der Waals surface area contributed by atoms with E-state index < -0.39 is 12.7 Å². The van der Waals surface area contributed by atoms with Gasteiger partial charge in [-0.2, -0.15) is 13.2 Å². The summed E-state index contributed by atoms with van der Waals surface area (Å²) in [5, 5.41) is 1.14. The third kappa shape index (κ3) is 2.10. The number of hydrogen-bond donors (Lipinski definition) is 1. The molecule has 2 aromatic rings. The quantitative estimate of drug-likeness (QED) is 0.828. The van der Waals surface area contributed by atoms with Crippen molar-refractivity contribution < 1.29 is 13.2 Å². The Kier molecular flexibility index (Phi) is 2.59. The number of halogens is 3. The van der Waals surface area contributed by atoms with Crippen molar-refractivity contribution in [2.75, 3.05) is 13.1 Å². The predicted molar refractivity (Wildman–Crippen MR) is 63.3 cm³/mol. The molecule has 18 heavy (non-hydrogen) atoms. The number of nitrogens with zero attached hydrogens (tertiary/aromatic N) is 1. The summed E-state index contributed by atoms with van der Waals surface area (Å²) in [7, 11) is 0. The lowest BCUT2D eigenvalue weighted by Gasteiger charge is -2.27. The molecule has 0 amide bonds. The first-order chi connectivity index (χ1) is 8.53. The molecule has 2 heterocycles. The molecule has 1 aliphatic heterocycles. The van der Waals surface area contributed by atoms with Crippen LogP contribution in [0.25, 0.3) is 10.9 Å². The van der Waals surface area contributed by atoms with Gasteiger partial charge in [-0.05, 0) is 18.1 Å². The second-order valence-corrected chi connectivity index (χ2v) is 4.70. The zero-order valence-corrected chi connectivity index (χ0v) is 9.72. The number of aromatic amines is 1. The fourth-order valence-electron chi connectivity index (χ4n) is 2.64. The summed E-state index contributed by atoms with van der Waals surface area (Å²) in [6.45, 7) is -0.0142. The molecule has 2 nitrogen and oxygen atoms in total. The minimum Gasteiger partial charge on any atom is -0.357 e. The van der Waals surface area contributed by atoms with Crippen LogP contribution in [0.2, 0.25) is 0 Å². The highest BCUT2D eigenvalue weighted by atomic mass is 19.4. The second kappa shape index (κ2) is 4.02. The van der Waals surface area contributed by atoms with Gasteiger partial charge in [0.05, 0.1) is 6.54 Å². The summed E-state index contributed by atoms with van der Waals surface area (Å²) in [6, 6.07) is 7.86. The Morgan fingerprint density at radius 2 is 2.00 bits per heavy atom. The Morgan fingerprint density at radius 1 is 1.22 bits per heavy atom. The topological polar surface area (TPSA) is 19.0 Å². The molecule has 1 N–H and O–H groups in total. The number of fused-ring (bicyclic) bond motifs is 3. The van der Waals surface area contributed by atoms with Crippen molar-refractivity contribution in [3.63, 3.8) is 0 Å². The summed E-state index contributed by atoms with van der Waals surface area (Å²) in [5.74, 6) is 0. The Hall–Kier alpha value is -1.49. The number of para-hydroxylation sites is 1. The van der Waals surface area contributed by atoms with Gasteiger partial charge in [0, 0.05) is 29.7 Å². The van der Waals surface area contributed by atoms with Gasteiger partial charge >= 0.3 is 6.18 Å². The van der Waals surface area contributed by atoms with Gasteiger partial charge in [0.1, 0.15) is 0 Å². The van der Waals surface area contributed by atoms with Crippen molar-refractivity contribution in [2.45, 2.75) is 19.1 Å². The fourth-order valence-corrected chi connectivity index (χ4v) is 2.64. The van der Waals surface area contributed by atoms with Crippen molar-refractivity contribution in [1.82, 2.24) is 9.88 Å². The molecule has 1 aliphatic rings. The maximum Gasteiger partial charge on any atom is 0.401 e. The normalized spacial score (nSPS) is 17.1. The average Bonchev–Trinajstić information content (AvgIpc) is 2.64. The molecular weight excluding hydrogens is 241 g/mol. The SMILES string of the molecule is FC(F)(F)CN1CCc2c([nH]c3ccccc23)C1. The maximum atomic E-state index is 12.4.